The summed E-state index contributed by atoms with van der Waals surface area (Å²) in [5.41, 5.74) is 1.19. The fourth-order valence-corrected chi connectivity index (χ4v) is 3.23. The Balaban J connectivity index is 1.40. The predicted octanol–water partition coefficient (Wildman–Crippen LogP) is 2.77. The van der Waals surface area contributed by atoms with E-state index in [0.29, 0.717) is 5.95 Å². The van der Waals surface area contributed by atoms with Crippen molar-refractivity contribution in [3.63, 3.8) is 0 Å². The lowest BCUT2D eigenvalue weighted by Crippen LogP contribution is -2.47. The van der Waals surface area contributed by atoms with Crippen LogP contribution < -0.4 is 15.1 Å². The maximum absolute atomic E-state index is 4.67. The molecule has 27 heavy (non-hydrogen) atoms. The van der Waals surface area contributed by atoms with Crippen molar-refractivity contribution in [2.75, 3.05) is 41.3 Å². The molecule has 1 aliphatic rings. The van der Waals surface area contributed by atoms with Crippen LogP contribution in [0.25, 0.3) is 0 Å². The maximum Gasteiger partial charge on any atom is 0.245 e. The Morgan fingerprint density at radius 3 is 2.30 bits per heavy atom. The second kappa shape index (κ2) is 7.99. The molecule has 7 heteroatoms. The molecule has 1 aromatic carbocycles. The molecule has 3 aromatic rings. The van der Waals surface area contributed by atoms with Gasteiger partial charge in [0.2, 0.25) is 5.95 Å². The molecule has 7 nitrogen and oxygen atoms in total. The van der Waals surface area contributed by atoms with Crippen LogP contribution in [0.3, 0.4) is 0 Å². The van der Waals surface area contributed by atoms with Gasteiger partial charge in [-0.1, -0.05) is 36.4 Å². The molecule has 4 rings (SSSR count). The third-order valence-corrected chi connectivity index (χ3v) is 4.77. The average molecular weight is 361 g/mol. The van der Waals surface area contributed by atoms with Crippen molar-refractivity contribution < 1.29 is 0 Å². The predicted molar refractivity (Wildman–Crippen MR) is 107 cm³/mol. The zero-order valence-corrected chi connectivity index (χ0v) is 15.4. The summed E-state index contributed by atoms with van der Waals surface area (Å²) in [7, 11) is 0. The number of aromatic nitrogens is 4. The lowest BCUT2D eigenvalue weighted by Gasteiger charge is -2.35. The largest absolute Gasteiger partial charge is 0.353 e. The van der Waals surface area contributed by atoms with E-state index in [2.05, 4.69) is 60.4 Å². The normalized spacial score (nSPS) is 15.4. The standard InChI is InChI=1S/C20H23N7/c1-16(17-7-3-2-4-8-17)23-20-24-19(15-22-25-20)27-13-11-26(12-14-27)18-9-5-6-10-21-18/h2-10,15-16H,11-14H2,1H3,(H,23,24,25). The van der Waals surface area contributed by atoms with Gasteiger partial charge in [-0.3, -0.25) is 0 Å². The first-order valence-corrected chi connectivity index (χ1v) is 9.22. The summed E-state index contributed by atoms with van der Waals surface area (Å²) in [6, 6.07) is 16.4. The van der Waals surface area contributed by atoms with Gasteiger partial charge in [0.15, 0.2) is 5.82 Å². The molecule has 1 aliphatic heterocycles. The van der Waals surface area contributed by atoms with Crippen LogP contribution in [0.5, 0.6) is 0 Å². The van der Waals surface area contributed by atoms with E-state index in [9.17, 15) is 0 Å². The molecule has 3 heterocycles. The summed E-state index contributed by atoms with van der Waals surface area (Å²) in [5.74, 6) is 2.43. The van der Waals surface area contributed by atoms with Crippen LogP contribution in [0.2, 0.25) is 0 Å². The Morgan fingerprint density at radius 1 is 0.889 bits per heavy atom. The fraction of sp³-hybridized carbons (Fsp3) is 0.300. The van der Waals surface area contributed by atoms with Crippen LogP contribution in [0.15, 0.2) is 60.9 Å². The first kappa shape index (κ1) is 17.2. The van der Waals surface area contributed by atoms with Gasteiger partial charge >= 0.3 is 0 Å². The van der Waals surface area contributed by atoms with Crippen LogP contribution in [0.4, 0.5) is 17.6 Å². The number of anilines is 3. The highest BCUT2D eigenvalue weighted by Gasteiger charge is 2.20. The summed E-state index contributed by atoms with van der Waals surface area (Å²) >= 11 is 0. The first-order chi connectivity index (χ1) is 13.3. The van der Waals surface area contributed by atoms with Crippen molar-refractivity contribution >= 4 is 17.6 Å². The molecule has 0 bridgehead atoms. The van der Waals surface area contributed by atoms with E-state index in [1.807, 2.05) is 36.5 Å². The van der Waals surface area contributed by atoms with E-state index >= 15 is 0 Å². The SMILES string of the molecule is CC(Nc1nncc(N2CCN(c3ccccn3)CC2)n1)c1ccccc1. The quantitative estimate of drug-likeness (QED) is 0.749. The van der Waals surface area contributed by atoms with Gasteiger partial charge in [0.05, 0.1) is 12.2 Å². The Kier molecular flexibility index (Phi) is 5.09. The van der Waals surface area contributed by atoms with Crippen LogP contribution in [0.1, 0.15) is 18.5 Å². The number of rotatable bonds is 5. The number of piperazine rings is 1. The molecule has 0 amide bonds. The number of nitrogens with zero attached hydrogens (tertiary/aromatic N) is 6. The number of pyridine rings is 1. The minimum Gasteiger partial charge on any atom is -0.353 e. The number of nitrogens with one attached hydrogen (secondary N) is 1. The van der Waals surface area contributed by atoms with Gasteiger partial charge in [-0.05, 0) is 24.6 Å². The molecule has 1 unspecified atom stereocenters. The van der Waals surface area contributed by atoms with Gasteiger partial charge in [0, 0.05) is 32.4 Å². The molecule has 1 saturated heterocycles. The maximum atomic E-state index is 4.67. The van der Waals surface area contributed by atoms with Crippen LogP contribution >= 0.6 is 0 Å². The highest BCUT2D eigenvalue weighted by Crippen LogP contribution is 2.20. The molecule has 0 aliphatic carbocycles. The van der Waals surface area contributed by atoms with E-state index in [-0.39, 0.29) is 6.04 Å². The molecule has 2 aromatic heterocycles. The smallest absolute Gasteiger partial charge is 0.245 e. The fourth-order valence-electron chi connectivity index (χ4n) is 3.23. The van der Waals surface area contributed by atoms with Crippen molar-refractivity contribution in [2.45, 2.75) is 13.0 Å². The van der Waals surface area contributed by atoms with Crippen LogP contribution in [-0.2, 0) is 0 Å². The van der Waals surface area contributed by atoms with Crippen molar-refractivity contribution in [1.82, 2.24) is 20.2 Å². The van der Waals surface area contributed by atoms with Gasteiger partial charge in [-0.25, -0.2) is 4.98 Å². The van der Waals surface area contributed by atoms with E-state index < -0.39 is 0 Å². The lowest BCUT2D eigenvalue weighted by molar-refractivity contribution is 0.638. The summed E-state index contributed by atoms with van der Waals surface area (Å²) in [6.07, 6.45) is 3.57. The number of hydrogen-bond acceptors (Lipinski definition) is 7. The van der Waals surface area contributed by atoms with E-state index in [1.165, 1.54) is 5.56 Å². The molecule has 0 radical (unpaired) electrons. The molecule has 0 spiro atoms. The van der Waals surface area contributed by atoms with Crippen LogP contribution in [-0.4, -0.2) is 46.3 Å². The summed E-state index contributed by atoms with van der Waals surface area (Å²) in [4.78, 5) is 13.6. The van der Waals surface area contributed by atoms with E-state index in [4.69, 9.17) is 0 Å². The molecule has 1 fully saturated rings. The summed E-state index contributed by atoms with van der Waals surface area (Å²) in [6.45, 7) is 5.66. The third kappa shape index (κ3) is 4.13. The Labute approximate surface area is 159 Å². The molecular formula is C20H23N7. The van der Waals surface area contributed by atoms with Gasteiger partial charge in [-0.15, -0.1) is 5.10 Å². The van der Waals surface area contributed by atoms with Crippen molar-refractivity contribution in [3.05, 3.63) is 66.5 Å². The van der Waals surface area contributed by atoms with Crippen molar-refractivity contribution in [1.29, 1.82) is 0 Å². The molecular weight excluding hydrogens is 338 g/mol. The second-order valence-corrected chi connectivity index (χ2v) is 6.58. The highest BCUT2D eigenvalue weighted by molar-refractivity contribution is 5.45. The van der Waals surface area contributed by atoms with Gasteiger partial charge in [0.1, 0.15) is 5.82 Å². The lowest BCUT2D eigenvalue weighted by atomic mass is 10.1. The zero-order valence-electron chi connectivity index (χ0n) is 15.4. The van der Waals surface area contributed by atoms with Gasteiger partial charge in [0.25, 0.3) is 0 Å². The Hall–Kier alpha value is -3.22. The van der Waals surface area contributed by atoms with Gasteiger partial charge in [-0.2, -0.15) is 10.1 Å². The molecule has 1 N–H and O–H groups in total. The monoisotopic (exact) mass is 361 g/mol. The number of hydrogen-bond donors (Lipinski definition) is 1. The van der Waals surface area contributed by atoms with Gasteiger partial charge < -0.3 is 15.1 Å². The molecule has 138 valence electrons. The molecule has 1 atom stereocenters. The van der Waals surface area contributed by atoms with Crippen molar-refractivity contribution in [3.8, 4) is 0 Å². The second-order valence-electron chi connectivity index (χ2n) is 6.58. The van der Waals surface area contributed by atoms with E-state index in [0.717, 1.165) is 37.8 Å². The minimum atomic E-state index is 0.115. The Bertz CT molecular complexity index is 848. The molecule has 0 saturated carbocycles. The van der Waals surface area contributed by atoms with Crippen molar-refractivity contribution in [2.24, 2.45) is 0 Å². The summed E-state index contributed by atoms with van der Waals surface area (Å²) in [5, 5.41) is 11.6. The highest BCUT2D eigenvalue weighted by atomic mass is 15.3. The Morgan fingerprint density at radius 2 is 1.59 bits per heavy atom. The van der Waals surface area contributed by atoms with Crippen LogP contribution in [0, 0.1) is 0 Å². The number of benzene rings is 1. The summed E-state index contributed by atoms with van der Waals surface area (Å²) < 4.78 is 0. The third-order valence-electron chi connectivity index (χ3n) is 4.77. The average Bonchev–Trinajstić information content (AvgIpc) is 2.75. The first-order valence-electron chi connectivity index (χ1n) is 9.22. The minimum absolute atomic E-state index is 0.115. The van der Waals surface area contributed by atoms with E-state index in [1.54, 1.807) is 6.20 Å². The zero-order chi connectivity index (χ0) is 18.5. The topological polar surface area (TPSA) is 70.1 Å².